The molecule has 4 rings (SSSR count). The number of carbonyl (C=O) groups is 2. The van der Waals surface area contributed by atoms with Crippen molar-refractivity contribution in [3.05, 3.63) is 35.5 Å². The standard InChI is InChI=1S/C22H29N5O4/c1-12(2)15-11-19(28)25-22(23-15)27-18(10-16(26-27)13-8-9-13)24-21(29)14-6-5-7-17(30-3)20(14)31-4/h5-7,10,12-13,15,22-23H,8-9,11H2,1-4H3,(H,24,29)(H,25,28). The summed E-state index contributed by atoms with van der Waals surface area (Å²) in [6.45, 7) is 4.15. The second-order valence-corrected chi connectivity index (χ2v) is 8.36. The Bertz CT molecular complexity index is 982. The summed E-state index contributed by atoms with van der Waals surface area (Å²) in [4.78, 5) is 25.4. The second-order valence-electron chi connectivity index (χ2n) is 8.36. The molecule has 1 aliphatic carbocycles. The molecule has 2 heterocycles. The van der Waals surface area contributed by atoms with Crippen molar-refractivity contribution in [3.8, 4) is 11.5 Å². The van der Waals surface area contributed by atoms with E-state index in [-0.39, 0.29) is 23.8 Å². The molecule has 31 heavy (non-hydrogen) atoms. The van der Waals surface area contributed by atoms with Crippen molar-refractivity contribution in [2.45, 2.75) is 51.4 Å². The number of amides is 2. The number of methoxy groups -OCH3 is 2. The molecule has 9 heteroatoms. The van der Waals surface area contributed by atoms with Crippen LogP contribution >= 0.6 is 0 Å². The third-order valence-electron chi connectivity index (χ3n) is 5.76. The number of rotatable bonds is 7. The van der Waals surface area contributed by atoms with Gasteiger partial charge in [0.15, 0.2) is 17.8 Å². The first kappa shape index (κ1) is 21.2. The molecule has 0 bridgehead atoms. The van der Waals surface area contributed by atoms with Crippen molar-refractivity contribution in [1.82, 2.24) is 20.4 Å². The quantitative estimate of drug-likeness (QED) is 0.627. The third kappa shape index (κ3) is 4.36. The van der Waals surface area contributed by atoms with Gasteiger partial charge in [-0.2, -0.15) is 5.10 Å². The summed E-state index contributed by atoms with van der Waals surface area (Å²) < 4.78 is 12.4. The van der Waals surface area contributed by atoms with Crippen LogP contribution in [-0.4, -0.2) is 41.9 Å². The van der Waals surface area contributed by atoms with Gasteiger partial charge in [0.2, 0.25) is 5.91 Å². The zero-order chi connectivity index (χ0) is 22.1. The van der Waals surface area contributed by atoms with Crippen molar-refractivity contribution in [1.29, 1.82) is 0 Å². The van der Waals surface area contributed by atoms with Gasteiger partial charge >= 0.3 is 0 Å². The molecule has 1 saturated heterocycles. The number of anilines is 1. The Hall–Kier alpha value is -3.07. The number of carbonyl (C=O) groups excluding carboxylic acids is 2. The maximum absolute atomic E-state index is 13.1. The fraction of sp³-hybridized carbons (Fsp3) is 0.500. The molecule has 2 fully saturated rings. The number of nitrogens with zero attached hydrogens (tertiary/aromatic N) is 2. The SMILES string of the molecule is COc1cccc(C(=O)Nc2cc(C3CC3)nn2C2NC(=O)CC(C(C)C)N2)c1OC. The molecule has 0 spiro atoms. The summed E-state index contributed by atoms with van der Waals surface area (Å²) >= 11 is 0. The molecular weight excluding hydrogens is 398 g/mol. The summed E-state index contributed by atoms with van der Waals surface area (Å²) in [6, 6.07) is 7.05. The summed E-state index contributed by atoms with van der Waals surface area (Å²) in [6.07, 6.45) is 2.03. The van der Waals surface area contributed by atoms with E-state index in [2.05, 4.69) is 29.8 Å². The summed E-state index contributed by atoms with van der Waals surface area (Å²) in [5.41, 5.74) is 1.26. The van der Waals surface area contributed by atoms with Crippen LogP contribution in [0.5, 0.6) is 11.5 Å². The Morgan fingerprint density at radius 1 is 1.26 bits per heavy atom. The van der Waals surface area contributed by atoms with E-state index in [1.165, 1.54) is 14.2 Å². The van der Waals surface area contributed by atoms with Gasteiger partial charge in [-0.25, -0.2) is 4.68 Å². The average molecular weight is 428 g/mol. The highest BCUT2D eigenvalue weighted by molar-refractivity contribution is 6.06. The molecule has 1 aliphatic heterocycles. The van der Waals surface area contributed by atoms with Crippen LogP contribution in [0.25, 0.3) is 0 Å². The number of nitrogens with one attached hydrogen (secondary N) is 3. The molecule has 9 nitrogen and oxygen atoms in total. The number of aromatic nitrogens is 2. The monoisotopic (exact) mass is 427 g/mol. The van der Waals surface area contributed by atoms with Crippen LogP contribution in [0.2, 0.25) is 0 Å². The number of ether oxygens (including phenoxy) is 2. The van der Waals surface area contributed by atoms with Crippen LogP contribution in [-0.2, 0) is 4.79 Å². The molecule has 166 valence electrons. The van der Waals surface area contributed by atoms with E-state index < -0.39 is 6.29 Å². The number of hydrogen-bond acceptors (Lipinski definition) is 6. The lowest BCUT2D eigenvalue weighted by molar-refractivity contribution is -0.126. The third-order valence-corrected chi connectivity index (χ3v) is 5.76. The second kappa shape index (κ2) is 8.58. The van der Waals surface area contributed by atoms with E-state index in [1.54, 1.807) is 22.9 Å². The Balaban J connectivity index is 1.64. The first-order valence-electron chi connectivity index (χ1n) is 10.6. The number of para-hydroxylation sites is 1. The normalized spacial score (nSPS) is 21.0. The van der Waals surface area contributed by atoms with Crippen LogP contribution in [0.3, 0.4) is 0 Å². The molecule has 0 radical (unpaired) electrons. The van der Waals surface area contributed by atoms with Crippen LogP contribution in [0.4, 0.5) is 5.82 Å². The first-order chi connectivity index (χ1) is 14.9. The van der Waals surface area contributed by atoms with Crippen molar-refractivity contribution in [2.75, 3.05) is 19.5 Å². The molecule has 1 aromatic heterocycles. The minimum absolute atomic E-state index is 0.0226. The number of hydrogen-bond donors (Lipinski definition) is 3. The van der Waals surface area contributed by atoms with Crippen molar-refractivity contribution < 1.29 is 19.1 Å². The van der Waals surface area contributed by atoms with Gasteiger partial charge < -0.3 is 20.1 Å². The summed E-state index contributed by atoms with van der Waals surface area (Å²) in [7, 11) is 3.02. The Morgan fingerprint density at radius 2 is 2.03 bits per heavy atom. The smallest absolute Gasteiger partial charge is 0.260 e. The zero-order valence-electron chi connectivity index (χ0n) is 18.3. The van der Waals surface area contributed by atoms with Gasteiger partial charge in [-0.1, -0.05) is 19.9 Å². The van der Waals surface area contributed by atoms with E-state index in [9.17, 15) is 9.59 Å². The zero-order valence-corrected chi connectivity index (χ0v) is 18.3. The summed E-state index contributed by atoms with van der Waals surface area (Å²) in [5, 5.41) is 14.0. The fourth-order valence-corrected chi connectivity index (χ4v) is 3.81. The first-order valence-corrected chi connectivity index (χ1v) is 10.6. The molecule has 2 aliphatic rings. The fourth-order valence-electron chi connectivity index (χ4n) is 3.81. The predicted octanol–water partition coefficient (Wildman–Crippen LogP) is 2.62. The molecule has 3 N–H and O–H groups in total. The van der Waals surface area contributed by atoms with Gasteiger partial charge in [-0.3, -0.25) is 14.9 Å². The molecule has 2 atom stereocenters. The predicted molar refractivity (Wildman–Crippen MR) is 115 cm³/mol. The van der Waals surface area contributed by atoms with Crippen molar-refractivity contribution in [2.24, 2.45) is 5.92 Å². The molecule has 2 aromatic rings. The lowest BCUT2D eigenvalue weighted by Crippen LogP contribution is -2.55. The van der Waals surface area contributed by atoms with Crippen LogP contribution < -0.4 is 25.4 Å². The minimum atomic E-state index is -0.538. The molecule has 2 unspecified atom stereocenters. The lowest BCUT2D eigenvalue weighted by Gasteiger charge is -2.34. The highest BCUT2D eigenvalue weighted by atomic mass is 16.5. The van der Waals surface area contributed by atoms with Crippen LogP contribution in [0, 0.1) is 5.92 Å². The molecule has 1 saturated carbocycles. The van der Waals surface area contributed by atoms with Gasteiger partial charge in [-0.15, -0.1) is 0 Å². The van der Waals surface area contributed by atoms with E-state index in [4.69, 9.17) is 14.6 Å². The van der Waals surface area contributed by atoms with Gasteiger partial charge in [0.1, 0.15) is 5.82 Å². The van der Waals surface area contributed by atoms with E-state index in [0.29, 0.717) is 35.2 Å². The highest BCUT2D eigenvalue weighted by Crippen LogP contribution is 2.40. The Kier molecular flexibility index (Phi) is 5.86. The largest absolute Gasteiger partial charge is 0.493 e. The number of benzene rings is 1. The Labute approximate surface area is 181 Å². The van der Waals surface area contributed by atoms with Crippen LogP contribution in [0.1, 0.15) is 61.4 Å². The molecule has 2 amide bonds. The molecular formula is C22H29N5O4. The van der Waals surface area contributed by atoms with Gasteiger partial charge in [0.25, 0.3) is 5.91 Å². The van der Waals surface area contributed by atoms with Gasteiger partial charge in [0, 0.05) is 24.4 Å². The van der Waals surface area contributed by atoms with Crippen molar-refractivity contribution in [3.63, 3.8) is 0 Å². The highest BCUT2D eigenvalue weighted by Gasteiger charge is 2.33. The topological polar surface area (TPSA) is 107 Å². The van der Waals surface area contributed by atoms with Gasteiger partial charge in [0.05, 0.1) is 25.5 Å². The average Bonchev–Trinajstić information content (AvgIpc) is 3.53. The Morgan fingerprint density at radius 3 is 2.68 bits per heavy atom. The summed E-state index contributed by atoms with van der Waals surface area (Å²) in [5.74, 6) is 1.64. The van der Waals surface area contributed by atoms with Crippen molar-refractivity contribution >= 4 is 17.6 Å². The minimum Gasteiger partial charge on any atom is -0.493 e. The van der Waals surface area contributed by atoms with E-state index >= 15 is 0 Å². The maximum Gasteiger partial charge on any atom is 0.260 e. The van der Waals surface area contributed by atoms with E-state index in [1.807, 2.05) is 6.07 Å². The van der Waals surface area contributed by atoms with Crippen LogP contribution in [0.15, 0.2) is 24.3 Å². The molecule has 1 aromatic carbocycles. The maximum atomic E-state index is 13.1. The van der Waals surface area contributed by atoms with Gasteiger partial charge in [-0.05, 0) is 30.9 Å². The van der Waals surface area contributed by atoms with E-state index in [0.717, 1.165) is 18.5 Å². The lowest BCUT2D eigenvalue weighted by atomic mass is 9.99.